The third kappa shape index (κ3) is 2.46. The van der Waals surface area contributed by atoms with Crippen molar-refractivity contribution in [3.63, 3.8) is 0 Å². The quantitative estimate of drug-likeness (QED) is 0.899. The lowest BCUT2D eigenvalue weighted by atomic mass is 9.84. The van der Waals surface area contributed by atoms with E-state index >= 15 is 0 Å². The molecule has 0 radical (unpaired) electrons. The topological polar surface area (TPSA) is 72.4 Å². The zero-order valence-corrected chi connectivity index (χ0v) is 12.0. The molecule has 2 heterocycles. The number of rotatable bonds is 2. The molecule has 3 atom stereocenters. The molecule has 2 aliphatic rings. The van der Waals surface area contributed by atoms with Crippen LogP contribution in [0.15, 0.2) is 10.6 Å². The summed E-state index contributed by atoms with van der Waals surface area (Å²) in [5.41, 5.74) is 7.02. The summed E-state index contributed by atoms with van der Waals surface area (Å²) in [6.07, 6.45) is 6.15. The van der Waals surface area contributed by atoms with E-state index in [2.05, 4.69) is 5.16 Å². The third-order valence-electron chi connectivity index (χ3n) is 4.65. The highest BCUT2D eigenvalue weighted by Gasteiger charge is 2.38. The van der Waals surface area contributed by atoms with Gasteiger partial charge in [-0.1, -0.05) is 18.0 Å². The van der Waals surface area contributed by atoms with E-state index in [1.165, 1.54) is 0 Å². The number of amides is 1. The van der Waals surface area contributed by atoms with E-state index in [0.717, 1.165) is 56.5 Å². The van der Waals surface area contributed by atoms with Crippen molar-refractivity contribution in [2.24, 2.45) is 11.7 Å². The molecule has 1 saturated heterocycles. The number of nitrogens with two attached hydrogens (primary N) is 1. The predicted octanol–water partition coefficient (Wildman–Crippen LogP) is 2.16. The Labute approximate surface area is 119 Å². The summed E-state index contributed by atoms with van der Waals surface area (Å²) in [7, 11) is 0. The molecule has 0 aromatic carbocycles. The highest BCUT2D eigenvalue weighted by Crippen LogP contribution is 2.35. The molecule has 1 saturated carbocycles. The van der Waals surface area contributed by atoms with Gasteiger partial charge in [-0.15, -0.1) is 0 Å². The fourth-order valence-corrected chi connectivity index (χ4v) is 3.55. The van der Waals surface area contributed by atoms with Gasteiger partial charge in [-0.25, -0.2) is 0 Å². The second-order valence-electron chi connectivity index (χ2n) is 6.12. The number of likely N-dealkylation sites (tertiary alicyclic amines) is 1. The van der Waals surface area contributed by atoms with Gasteiger partial charge in [-0.05, 0) is 32.6 Å². The highest BCUT2D eigenvalue weighted by atomic mass is 16.5. The molecule has 0 spiro atoms. The average Bonchev–Trinajstić information content (AvgIpc) is 3.06. The van der Waals surface area contributed by atoms with E-state index in [9.17, 15) is 4.79 Å². The molecule has 3 unspecified atom stereocenters. The maximum atomic E-state index is 12.8. The van der Waals surface area contributed by atoms with E-state index in [1.807, 2.05) is 17.9 Å². The van der Waals surface area contributed by atoms with E-state index in [4.69, 9.17) is 10.3 Å². The van der Waals surface area contributed by atoms with Crippen LogP contribution < -0.4 is 5.73 Å². The van der Waals surface area contributed by atoms with Crippen molar-refractivity contribution in [3.05, 3.63) is 17.5 Å². The Morgan fingerprint density at radius 3 is 2.85 bits per heavy atom. The summed E-state index contributed by atoms with van der Waals surface area (Å²) < 4.78 is 5.37. The molecule has 1 aromatic heterocycles. The summed E-state index contributed by atoms with van der Waals surface area (Å²) in [4.78, 5) is 14.8. The number of carbonyl (C=O) groups is 1. The van der Waals surface area contributed by atoms with Gasteiger partial charge in [0.1, 0.15) is 0 Å². The minimum Gasteiger partial charge on any atom is -0.359 e. The summed E-state index contributed by atoms with van der Waals surface area (Å²) in [6, 6.07) is 2.02. The number of nitrogens with zero attached hydrogens (tertiary/aromatic N) is 2. The molecule has 1 amide bonds. The van der Waals surface area contributed by atoms with Gasteiger partial charge in [0.15, 0.2) is 5.76 Å². The summed E-state index contributed by atoms with van der Waals surface area (Å²) in [5.74, 6) is 1.03. The first-order valence-corrected chi connectivity index (χ1v) is 7.66. The SMILES string of the molecule is Cc1cc(C2CCCN2C(=O)C2CCCCC2N)on1. The molecule has 3 rings (SSSR count). The minimum atomic E-state index is -0.00614. The van der Waals surface area contributed by atoms with Gasteiger partial charge in [0.2, 0.25) is 5.91 Å². The average molecular weight is 277 g/mol. The zero-order valence-electron chi connectivity index (χ0n) is 12.0. The molecule has 2 N–H and O–H groups in total. The van der Waals surface area contributed by atoms with Crippen molar-refractivity contribution in [1.29, 1.82) is 0 Å². The van der Waals surface area contributed by atoms with Crippen LogP contribution in [-0.4, -0.2) is 28.6 Å². The first-order chi connectivity index (χ1) is 9.66. The zero-order chi connectivity index (χ0) is 14.1. The maximum absolute atomic E-state index is 12.8. The van der Waals surface area contributed by atoms with Crippen LogP contribution in [0.4, 0.5) is 0 Å². The first kappa shape index (κ1) is 13.6. The fourth-order valence-electron chi connectivity index (χ4n) is 3.55. The van der Waals surface area contributed by atoms with Crippen LogP contribution in [0.2, 0.25) is 0 Å². The van der Waals surface area contributed by atoms with Crippen molar-refractivity contribution in [2.45, 2.75) is 57.5 Å². The Balaban J connectivity index is 1.76. The van der Waals surface area contributed by atoms with E-state index in [0.29, 0.717) is 0 Å². The second-order valence-corrected chi connectivity index (χ2v) is 6.12. The van der Waals surface area contributed by atoms with Gasteiger partial charge in [-0.2, -0.15) is 0 Å². The lowest BCUT2D eigenvalue weighted by Crippen LogP contribution is -2.45. The van der Waals surface area contributed by atoms with E-state index in [1.54, 1.807) is 0 Å². The van der Waals surface area contributed by atoms with Crippen molar-refractivity contribution >= 4 is 5.91 Å². The maximum Gasteiger partial charge on any atom is 0.227 e. The third-order valence-corrected chi connectivity index (χ3v) is 4.65. The Kier molecular flexibility index (Phi) is 3.78. The van der Waals surface area contributed by atoms with Crippen molar-refractivity contribution in [2.75, 3.05) is 6.54 Å². The molecule has 1 aliphatic carbocycles. The van der Waals surface area contributed by atoms with Crippen LogP contribution in [0, 0.1) is 12.8 Å². The molecule has 1 aliphatic heterocycles. The molecule has 5 heteroatoms. The van der Waals surface area contributed by atoms with Gasteiger partial charge in [0, 0.05) is 18.7 Å². The van der Waals surface area contributed by atoms with Crippen LogP contribution in [0.5, 0.6) is 0 Å². The fraction of sp³-hybridized carbons (Fsp3) is 0.733. The van der Waals surface area contributed by atoms with Crippen LogP contribution in [0.3, 0.4) is 0 Å². The summed E-state index contributed by atoms with van der Waals surface area (Å²) >= 11 is 0. The van der Waals surface area contributed by atoms with Gasteiger partial charge >= 0.3 is 0 Å². The first-order valence-electron chi connectivity index (χ1n) is 7.66. The summed E-state index contributed by atoms with van der Waals surface area (Å²) in [6.45, 7) is 2.72. The lowest BCUT2D eigenvalue weighted by Gasteiger charge is -2.33. The molecule has 1 aromatic rings. The molecular formula is C15H23N3O2. The number of hydrogen-bond donors (Lipinski definition) is 1. The Hall–Kier alpha value is -1.36. The molecule has 2 fully saturated rings. The second kappa shape index (κ2) is 5.56. The molecule has 0 bridgehead atoms. The van der Waals surface area contributed by atoms with Crippen LogP contribution in [0.1, 0.15) is 56.0 Å². The minimum absolute atomic E-state index is 0.00614. The normalized spacial score (nSPS) is 30.7. The monoisotopic (exact) mass is 277 g/mol. The van der Waals surface area contributed by atoms with Gasteiger partial charge in [-0.3, -0.25) is 4.79 Å². The predicted molar refractivity (Wildman–Crippen MR) is 74.9 cm³/mol. The van der Waals surface area contributed by atoms with Gasteiger partial charge < -0.3 is 15.2 Å². The van der Waals surface area contributed by atoms with Crippen LogP contribution in [-0.2, 0) is 4.79 Å². The molecule has 110 valence electrons. The van der Waals surface area contributed by atoms with Crippen LogP contribution >= 0.6 is 0 Å². The molecule has 20 heavy (non-hydrogen) atoms. The van der Waals surface area contributed by atoms with Crippen molar-refractivity contribution in [3.8, 4) is 0 Å². The Morgan fingerprint density at radius 1 is 1.35 bits per heavy atom. The number of carbonyl (C=O) groups excluding carboxylic acids is 1. The van der Waals surface area contributed by atoms with Crippen LogP contribution in [0.25, 0.3) is 0 Å². The largest absolute Gasteiger partial charge is 0.359 e. The molecular weight excluding hydrogens is 254 g/mol. The van der Waals surface area contributed by atoms with Gasteiger partial charge in [0.05, 0.1) is 17.7 Å². The number of hydrogen-bond acceptors (Lipinski definition) is 4. The lowest BCUT2D eigenvalue weighted by molar-refractivity contribution is -0.138. The smallest absolute Gasteiger partial charge is 0.227 e. The van der Waals surface area contributed by atoms with E-state index < -0.39 is 0 Å². The Morgan fingerprint density at radius 2 is 2.15 bits per heavy atom. The van der Waals surface area contributed by atoms with Crippen molar-refractivity contribution < 1.29 is 9.32 Å². The van der Waals surface area contributed by atoms with E-state index in [-0.39, 0.29) is 23.9 Å². The Bertz CT molecular complexity index is 485. The number of aromatic nitrogens is 1. The molecule has 5 nitrogen and oxygen atoms in total. The standard InChI is InChI=1S/C15H23N3O2/c1-10-9-14(20-17-10)13-7-4-8-18(13)15(19)11-5-2-3-6-12(11)16/h9,11-13H,2-8,16H2,1H3. The summed E-state index contributed by atoms with van der Waals surface area (Å²) in [5, 5.41) is 3.94. The van der Waals surface area contributed by atoms with Crippen molar-refractivity contribution in [1.82, 2.24) is 10.1 Å². The highest BCUT2D eigenvalue weighted by molar-refractivity contribution is 5.80. The number of aryl methyl sites for hydroxylation is 1. The van der Waals surface area contributed by atoms with Gasteiger partial charge in [0.25, 0.3) is 0 Å².